The van der Waals surface area contributed by atoms with Gasteiger partial charge in [0.05, 0.1) is 13.2 Å². The van der Waals surface area contributed by atoms with E-state index >= 15 is 0 Å². The van der Waals surface area contributed by atoms with Crippen LogP contribution in [0.15, 0.2) is 24.3 Å². The van der Waals surface area contributed by atoms with Gasteiger partial charge in [-0.2, -0.15) is 0 Å². The molecule has 5 nitrogen and oxygen atoms in total. The average molecular weight is 295 g/mol. The number of carbonyl (C=O) groups excluding carboxylic acids is 1. The van der Waals surface area contributed by atoms with Crippen molar-refractivity contribution >= 4 is 11.9 Å². The van der Waals surface area contributed by atoms with Crippen LogP contribution in [0.25, 0.3) is 0 Å². The van der Waals surface area contributed by atoms with Gasteiger partial charge in [0.2, 0.25) is 5.91 Å². The lowest BCUT2D eigenvalue weighted by Gasteiger charge is -2.33. The SMILES string of the molecule is C[C@@H](CC(=O)N1CCOC[C@H]1C(=O)O)c1ccccc1F. The fourth-order valence-corrected chi connectivity index (χ4v) is 2.47. The number of rotatable bonds is 4. The van der Waals surface area contributed by atoms with Crippen LogP contribution < -0.4 is 0 Å². The van der Waals surface area contributed by atoms with Gasteiger partial charge in [-0.1, -0.05) is 25.1 Å². The van der Waals surface area contributed by atoms with Gasteiger partial charge in [0.1, 0.15) is 5.82 Å². The third-order valence-electron chi connectivity index (χ3n) is 3.65. The molecule has 1 amide bonds. The lowest BCUT2D eigenvalue weighted by molar-refractivity contribution is -0.158. The topological polar surface area (TPSA) is 66.8 Å². The fraction of sp³-hybridized carbons (Fsp3) is 0.467. The van der Waals surface area contributed by atoms with Crippen molar-refractivity contribution in [3.8, 4) is 0 Å². The van der Waals surface area contributed by atoms with E-state index in [1.165, 1.54) is 11.0 Å². The molecule has 1 aliphatic heterocycles. The Morgan fingerprint density at radius 3 is 2.86 bits per heavy atom. The summed E-state index contributed by atoms with van der Waals surface area (Å²) < 4.78 is 18.8. The standard InChI is InChI=1S/C15H18FNO4/c1-10(11-4-2-3-5-12(11)16)8-14(18)17-6-7-21-9-13(17)15(19)20/h2-5,10,13H,6-9H2,1H3,(H,19,20)/t10-,13-/m0/s1. The van der Waals surface area contributed by atoms with Crippen molar-refractivity contribution < 1.29 is 23.8 Å². The van der Waals surface area contributed by atoms with E-state index < -0.39 is 12.0 Å². The third-order valence-corrected chi connectivity index (χ3v) is 3.65. The van der Waals surface area contributed by atoms with Crippen LogP contribution in [0, 0.1) is 5.82 Å². The van der Waals surface area contributed by atoms with Crippen molar-refractivity contribution in [2.75, 3.05) is 19.8 Å². The highest BCUT2D eigenvalue weighted by Crippen LogP contribution is 2.23. The number of amides is 1. The van der Waals surface area contributed by atoms with Crippen LogP contribution in [0.4, 0.5) is 4.39 Å². The molecule has 0 aliphatic carbocycles. The molecule has 1 heterocycles. The predicted octanol–water partition coefficient (Wildman–Crippen LogP) is 1.63. The minimum absolute atomic E-state index is 0.00481. The van der Waals surface area contributed by atoms with Crippen molar-refractivity contribution in [2.24, 2.45) is 0 Å². The van der Waals surface area contributed by atoms with Crippen molar-refractivity contribution in [1.82, 2.24) is 4.90 Å². The summed E-state index contributed by atoms with van der Waals surface area (Å²) in [5.41, 5.74) is 0.464. The van der Waals surface area contributed by atoms with Crippen molar-refractivity contribution in [1.29, 1.82) is 0 Å². The fourth-order valence-electron chi connectivity index (χ4n) is 2.47. The molecule has 1 fully saturated rings. The van der Waals surface area contributed by atoms with Gasteiger partial charge in [0.15, 0.2) is 6.04 Å². The highest BCUT2D eigenvalue weighted by molar-refractivity contribution is 5.84. The van der Waals surface area contributed by atoms with E-state index in [4.69, 9.17) is 9.84 Å². The Kier molecular flexibility index (Phi) is 4.90. The molecular formula is C15H18FNO4. The lowest BCUT2D eigenvalue weighted by Crippen LogP contribution is -2.52. The Labute approximate surface area is 122 Å². The van der Waals surface area contributed by atoms with Gasteiger partial charge in [-0.3, -0.25) is 4.79 Å². The van der Waals surface area contributed by atoms with E-state index in [1.807, 2.05) is 0 Å². The van der Waals surface area contributed by atoms with Crippen LogP contribution >= 0.6 is 0 Å². The second-order valence-corrected chi connectivity index (χ2v) is 5.14. The molecular weight excluding hydrogens is 277 g/mol. The van der Waals surface area contributed by atoms with Crippen LogP contribution in [0.3, 0.4) is 0 Å². The number of benzene rings is 1. The Morgan fingerprint density at radius 1 is 1.48 bits per heavy atom. The van der Waals surface area contributed by atoms with Gasteiger partial charge < -0.3 is 14.7 Å². The molecule has 1 aromatic rings. The minimum atomic E-state index is -1.08. The summed E-state index contributed by atoms with van der Waals surface area (Å²) in [6.07, 6.45) is 0.0741. The molecule has 0 radical (unpaired) electrons. The summed E-state index contributed by atoms with van der Waals surface area (Å²) in [6, 6.07) is 5.34. The Balaban J connectivity index is 2.06. The zero-order chi connectivity index (χ0) is 15.4. The maximum absolute atomic E-state index is 13.7. The molecule has 1 aromatic carbocycles. The number of carboxylic acid groups (broad SMARTS) is 1. The summed E-state index contributed by atoms with van der Waals surface area (Å²) in [6.45, 7) is 2.32. The lowest BCUT2D eigenvalue weighted by atomic mass is 9.96. The number of hydrogen-bond donors (Lipinski definition) is 1. The van der Waals surface area contributed by atoms with Gasteiger partial charge in [-0.15, -0.1) is 0 Å². The molecule has 0 saturated carbocycles. The van der Waals surface area contributed by atoms with Gasteiger partial charge in [-0.25, -0.2) is 9.18 Å². The Morgan fingerprint density at radius 2 is 2.19 bits per heavy atom. The van der Waals surface area contributed by atoms with Gasteiger partial charge >= 0.3 is 5.97 Å². The smallest absolute Gasteiger partial charge is 0.328 e. The Hall–Kier alpha value is -1.95. The number of carbonyl (C=O) groups is 2. The van der Waals surface area contributed by atoms with E-state index in [9.17, 15) is 14.0 Å². The summed E-state index contributed by atoms with van der Waals surface area (Å²) in [4.78, 5) is 24.7. The number of morpholine rings is 1. The average Bonchev–Trinajstić information content (AvgIpc) is 2.47. The van der Waals surface area contributed by atoms with Crippen LogP contribution in [0.2, 0.25) is 0 Å². The molecule has 21 heavy (non-hydrogen) atoms. The normalized spacial score (nSPS) is 20.1. The second-order valence-electron chi connectivity index (χ2n) is 5.14. The zero-order valence-corrected chi connectivity index (χ0v) is 11.8. The maximum Gasteiger partial charge on any atom is 0.328 e. The van der Waals surface area contributed by atoms with Gasteiger partial charge in [0.25, 0.3) is 0 Å². The summed E-state index contributed by atoms with van der Waals surface area (Å²) >= 11 is 0. The van der Waals surface area contributed by atoms with Crippen molar-refractivity contribution in [3.05, 3.63) is 35.6 Å². The van der Waals surface area contributed by atoms with Crippen LogP contribution in [0.1, 0.15) is 24.8 Å². The molecule has 0 unspecified atom stereocenters. The summed E-state index contributed by atoms with van der Waals surface area (Å²) in [5, 5.41) is 9.12. The number of ether oxygens (including phenoxy) is 1. The molecule has 0 aromatic heterocycles. The molecule has 0 spiro atoms. The highest BCUT2D eigenvalue weighted by atomic mass is 19.1. The summed E-state index contributed by atoms with van der Waals surface area (Å²) in [7, 11) is 0. The number of nitrogens with zero attached hydrogens (tertiary/aromatic N) is 1. The van der Waals surface area contributed by atoms with E-state index in [-0.39, 0.29) is 37.2 Å². The first-order valence-electron chi connectivity index (χ1n) is 6.85. The third kappa shape index (κ3) is 3.58. The van der Waals surface area contributed by atoms with Crippen molar-refractivity contribution in [2.45, 2.75) is 25.3 Å². The van der Waals surface area contributed by atoms with E-state index in [0.717, 1.165) is 0 Å². The minimum Gasteiger partial charge on any atom is -0.480 e. The molecule has 1 saturated heterocycles. The van der Waals surface area contributed by atoms with Gasteiger partial charge in [0, 0.05) is 13.0 Å². The Bertz CT molecular complexity index is 534. The molecule has 1 aliphatic rings. The zero-order valence-electron chi connectivity index (χ0n) is 11.8. The van der Waals surface area contributed by atoms with Crippen LogP contribution in [-0.4, -0.2) is 47.7 Å². The number of carboxylic acids is 1. The highest BCUT2D eigenvalue weighted by Gasteiger charge is 2.33. The molecule has 1 N–H and O–H groups in total. The van der Waals surface area contributed by atoms with Crippen molar-refractivity contribution in [3.63, 3.8) is 0 Å². The predicted molar refractivity (Wildman–Crippen MR) is 73.4 cm³/mol. The van der Waals surface area contributed by atoms with Crippen LogP contribution in [-0.2, 0) is 14.3 Å². The summed E-state index contributed by atoms with van der Waals surface area (Å²) in [5.74, 6) is -2.03. The van der Waals surface area contributed by atoms with E-state index in [2.05, 4.69) is 0 Å². The van der Waals surface area contributed by atoms with Gasteiger partial charge in [-0.05, 0) is 17.5 Å². The molecule has 114 valence electrons. The monoisotopic (exact) mass is 295 g/mol. The second kappa shape index (κ2) is 6.67. The maximum atomic E-state index is 13.7. The quantitative estimate of drug-likeness (QED) is 0.917. The van der Waals surface area contributed by atoms with Crippen LogP contribution in [0.5, 0.6) is 0 Å². The number of halogens is 1. The molecule has 2 rings (SSSR count). The number of aliphatic carboxylic acids is 1. The molecule has 6 heteroatoms. The van der Waals surface area contributed by atoms with E-state index in [1.54, 1.807) is 25.1 Å². The first kappa shape index (κ1) is 15.4. The largest absolute Gasteiger partial charge is 0.480 e. The van der Waals surface area contributed by atoms with E-state index in [0.29, 0.717) is 12.2 Å². The first-order valence-corrected chi connectivity index (χ1v) is 6.85. The number of hydrogen-bond acceptors (Lipinski definition) is 3. The molecule has 2 atom stereocenters. The molecule has 0 bridgehead atoms. The first-order chi connectivity index (χ1) is 10.0.